The first kappa shape index (κ1) is 22.2. The SMILES string of the molecule is CCCSc1nnc(NC(=O)[C@@H](C)N(c2cc(Cl)cc(Cl)c2)S(C)(=O)=O)s1. The normalized spacial score (nSPS) is 12.6. The van der Waals surface area contributed by atoms with E-state index in [4.69, 9.17) is 23.2 Å². The third-order valence-corrected chi connectivity index (χ3v) is 7.11. The van der Waals surface area contributed by atoms with Crippen LogP contribution < -0.4 is 9.62 Å². The second-order valence-corrected chi connectivity index (χ2v) is 10.6. The summed E-state index contributed by atoms with van der Waals surface area (Å²) in [5.41, 5.74) is 0.203. The molecule has 0 fully saturated rings. The van der Waals surface area contributed by atoms with Crippen molar-refractivity contribution >= 4 is 73.0 Å². The Morgan fingerprint density at radius 3 is 2.48 bits per heavy atom. The van der Waals surface area contributed by atoms with E-state index in [-0.39, 0.29) is 15.7 Å². The fourth-order valence-corrected chi connectivity index (χ4v) is 5.55. The summed E-state index contributed by atoms with van der Waals surface area (Å²) in [5, 5.41) is 11.4. The number of amides is 1. The molecule has 0 unspecified atom stereocenters. The van der Waals surface area contributed by atoms with Crippen LogP contribution in [-0.2, 0) is 14.8 Å². The lowest BCUT2D eigenvalue weighted by molar-refractivity contribution is -0.116. The number of aromatic nitrogens is 2. The maximum Gasteiger partial charge on any atom is 0.249 e. The highest BCUT2D eigenvalue weighted by atomic mass is 35.5. The second-order valence-electron chi connectivity index (χ2n) is 5.57. The Balaban J connectivity index is 2.23. The number of halogens is 2. The molecule has 0 saturated carbocycles. The summed E-state index contributed by atoms with van der Waals surface area (Å²) < 4.78 is 26.3. The van der Waals surface area contributed by atoms with E-state index in [2.05, 4.69) is 22.4 Å². The molecule has 0 saturated heterocycles. The molecule has 2 aromatic rings. The van der Waals surface area contributed by atoms with E-state index in [0.717, 1.165) is 27.1 Å². The van der Waals surface area contributed by atoms with Gasteiger partial charge in [-0.3, -0.25) is 14.4 Å². The molecule has 1 aromatic carbocycles. The van der Waals surface area contributed by atoms with Gasteiger partial charge < -0.3 is 0 Å². The summed E-state index contributed by atoms with van der Waals surface area (Å²) in [7, 11) is -3.78. The molecule has 27 heavy (non-hydrogen) atoms. The lowest BCUT2D eigenvalue weighted by Crippen LogP contribution is -2.45. The molecule has 0 aliphatic rings. The number of sulfonamides is 1. The molecule has 0 aliphatic carbocycles. The van der Waals surface area contributed by atoms with Crippen LogP contribution >= 0.6 is 46.3 Å². The number of rotatable bonds is 8. The molecule has 2 rings (SSSR count). The number of anilines is 2. The van der Waals surface area contributed by atoms with Crippen molar-refractivity contribution in [3.05, 3.63) is 28.2 Å². The number of benzene rings is 1. The van der Waals surface area contributed by atoms with Crippen LogP contribution in [0.2, 0.25) is 10.0 Å². The summed E-state index contributed by atoms with van der Waals surface area (Å²) in [6.45, 7) is 3.53. The largest absolute Gasteiger partial charge is 0.299 e. The summed E-state index contributed by atoms with van der Waals surface area (Å²) in [6.07, 6.45) is 2.00. The minimum absolute atomic E-state index is 0.203. The molecule has 0 radical (unpaired) electrons. The molecule has 0 aliphatic heterocycles. The Morgan fingerprint density at radius 1 is 1.30 bits per heavy atom. The van der Waals surface area contributed by atoms with Crippen LogP contribution in [0.15, 0.2) is 22.5 Å². The van der Waals surface area contributed by atoms with Crippen LogP contribution in [0, 0.1) is 0 Å². The first-order chi connectivity index (χ1) is 12.6. The number of nitrogens with zero attached hydrogens (tertiary/aromatic N) is 3. The van der Waals surface area contributed by atoms with Crippen molar-refractivity contribution in [1.29, 1.82) is 0 Å². The lowest BCUT2D eigenvalue weighted by Gasteiger charge is -2.28. The Hall–Kier alpha value is -1.07. The summed E-state index contributed by atoms with van der Waals surface area (Å²) in [4.78, 5) is 12.6. The average Bonchev–Trinajstić information content (AvgIpc) is 2.98. The van der Waals surface area contributed by atoms with E-state index in [9.17, 15) is 13.2 Å². The molecule has 1 N–H and O–H groups in total. The molecule has 12 heteroatoms. The monoisotopic (exact) mass is 468 g/mol. The second kappa shape index (κ2) is 9.42. The van der Waals surface area contributed by atoms with Crippen molar-refractivity contribution in [2.45, 2.75) is 30.6 Å². The van der Waals surface area contributed by atoms with Gasteiger partial charge in [-0.05, 0) is 31.5 Å². The highest BCUT2D eigenvalue weighted by molar-refractivity contribution is 8.01. The third kappa shape index (κ3) is 6.21. The molecule has 148 valence electrons. The van der Waals surface area contributed by atoms with Gasteiger partial charge in [-0.1, -0.05) is 53.2 Å². The first-order valence-electron chi connectivity index (χ1n) is 7.84. The van der Waals surface area contributed by atoms with E-state index < -0.39 is 22.0 Å². The predicted octanol–water partition coefficient (Wildman–Crippen LogP) is 4.14. The molecule has 1 amide bonds. The van der Waals surface area contributed by atoms with Crippen LogP contribution in [0.4, 0.5) is 10.8 Å². The number of hydrogen-bond acceptors (Lipinski definition) is 7. The van der Waals surface area contributed by atoms with Crippen LogP contribution in [0.1, 0.15) is 20.3 Å². The Bertz CT molecular complexity index is 901. The minimum atomic E-state index is -3.78. The van der Waals surface area contributed by atoms with Crippen molar-refractivity contribution in [2.24, 2.45) is 0 Å². The number of nitrogens with one attached hydrogen (secondary N) is 1. The zero-order valence-corrected chi connectivity index (χ0v) is 18.7. The summed E-state index contributed by atoms with van der Waals surface area (Å²) >= 11 is 14.7. The first-order valence-corrected chi connectivity index (χ1v) is 12.2. The fraction of sp³-hybridized carbons (Fsp3) is 0.400. The Labute approximate surface area is 176 Å². The molecule has 7 nitrogen and oxygen atoms in total. The van der Waals surface area contributed by atoms with Gasteiger partial charge in [-0.25, -0.2) is 8.42 Å². The van der Waals surface area contributed by atoms with Gasteiger partial charge >= 0.3 is 0 Å². The van der Waals surface area contributed by atoms with E-state index >= 15 is 0 Å². The summed E-state index contributed by atoms with van der Waals surface area (Å²) in [5.74, 6) is 0.357. The molecular weight excluding hydrogens is 451 g/mol. The third-order valence-electron chi connectivity index (χ3n) is 3.26. The number of carbonyl (C=O) groups excluding carboxylic acids is 1. The van der Waals surface area contributed by atoms with Crippen LogP contribution in [0.5, 0.6) is 0 Å². The highest BCUT2D eigenvalue weighted by Crippen LogP contribution is 2.30. The molecular formula is C15H18Cl2N4O3S3. The standard InChI is InChI=1S/C15H18Cl2N4O3S3/c1-4-5-25-15-20-19-14(26-15)18-13(22)9(2)21(27(3,23)24)12-7-10(16)6-11(17)8-12/h6-9H,4-5H2,1-3H3,(H,18,19,22)/t9-/m1/s1. The van der Waals surface area contributed by atoms with E-state index in [1.54, 1.807) is 11.8 Å². The van der Waals surface area contributed by atoms with Gasteiger partial charge in [-0.2, -0.15) is 0 Å². The van der Waals surface area contributed by atoms with Gasteiger partial charge in [0, 0.05) is 15.8 Å². The Morgan fingerprint density at radius 2 is 1.93 bits per heavy atom. The molecule has 1 heterocycles. The zero-order chi connectivity index (χ0) is 20.2. The molecule has 1 atom stereocenters. The van der Waals surface area contributed by atoms with Crippen molar-refractivity contribution in [2.75, 3.05) is 21.6 Å². The van der Waals surface area contributed by atoms with E-state index in [1.807, 2.05) is 0 Å². The zero-order valence-electron chi connectivity index (χ0n) is 14.8. The van der Waals surface area contributed by atoms with Gasteiger partial charge in [0.2, 0.25) is 21.1 Å². The lowest BCUT2D eigenvalue weighted by atomic mass is 10.2. The maximum absolute atomic E-state index is 12.6. The van der Waals surface area contributed by atoms with Crippen LogP contribution in [-0.4, -0.2) is 42.6 Å². The number of carbonyl (C=O) groups is 1. The van der Waals surface area contributed by atoms with Gasteiger partial charge in [-0.15, -0.1) is 10.2 Å². The van der Waals surface area contributed by atoms with Crippen LogP contribution in [0.3, 0.4) is 0 Å². The van der Waals surface area contributed by atoms with Crippen molar-refractivity contribution < 1.29 is 13.2 Å². The quantitative estimate of drug-likeness (QED) is 0.462. The fourth-order valence-electron chi connectivity index (χ4n) is 2.19. The highest BCUT2D eigenvalue weighted by Gasteiger charge is 2.30. The van der Waals surface area contributed by atoms with Crippen molar-refractivity contribution in [3.63, 3.8) is 0 Å². The maximum atomic E-state index is 12.6. The predicted molar refractivity (Wildman–Crippen MR) is 113 cm³/mol. The van der Waals surface area contributed by atoms with Crippen molar-refractivity contribution in [1.82, 2.24) is 10.2 Å². The van der Waals surface area contributed by atoms with E-state index in [0.29, 0.717) is 5.13 Å². The van der Waals surface area contributed by atoms with Gasteiger partial charge in [0.25, 0.3) is 0 Å². The van der Waals surface area contributed by atoms with Gasteiger partial charge in [0.05, 0.1) is 11.9 Å². The molecule has 1 aromatic heterocycles. The smallest absolute Gasteiger partial charge is 0.249 e. The number of thioether (sulfide) groups is 1. The van der Waals surface area contributed by atoms with Gasteiger partial charge in [0.1, 0.15) is 6.04 Å². The minimum Gasteiger partial charge on any atom is -0.299 e. The van der Waals surface area contributed by atoms with Crippen LogP contribution in [0.25, 0.3) is 0 Å². The van der Waals surface area contributed by atoms with Crippen molar-refractivity contribution in [3.8, 4) is 0 Å². The number of hydrogen-bond donors (Lipinski definition) is 1. The van der Waals surface area contributed by atoms with E-state index in [1.165, 1.54) is 36.5 Å². The molecule has 0 bridgehead atoms. The average molecular weight is 469 g/mol. The summed E-state index contributed by atoms with van der Waals surface area (Å²) in [6, 6.07) is 3.30. The topological polar surface area (TPSA) is 92.3 Å². The Kier molecular flexibility index (Phi) is 7.75. The molecule has 0 spiro atoms. The van der Waals surface area contributed by atoms with Gasteiger partial charge in [0.15, 0.2) is 4.34 Å².